The molecule has 1 aromatic heterocycles. The van der Waals surface area contributed by atoms with Crippen molar-refractivity contribution in [3.05, 3.63) is 11.1 Å². The first-order valence-electron chi connectivity index (χ1n) is 10.0. The Balaban J connectivity index is 0.00000261. The normalized spacial score (nSPS) is 18.9. The second kappa shape index (κ2) is 11.4. The Morgan fingerprint density at radius 2 is 1.89 bits per heavy atom. The highest BCUT2D eigenvalue weighted by molar-refractivity contribution is 14.0. The first kappa shape index (κ1) is 22.7. The number of nitrogens with one attached hydrogen (secondary N) is 1. The van der Waals surface area contributed by atoms with Gasteiger partial charge in [0.2, 0.25) is 0 Å². The van der Waals surface area contributed by atoms with E-state index in [0.717, 1.165) is 51.0 Å². The summed E-state index contributed by atoms with van der Waals surface area (Å²) in [5.74, 6) is 1.77. The third-order valence-electron chi connectivity index (χ3n) is 5.09. The van der Waals surface area contributed by atoms with Crippen LogP contribution in [0, 0.1) is 5.92 Å². The van der Waals surface area contributed by atoms with E-state index in [1.54, 1.807) is 11.3 Å². The summed E-state index contributed by atoms with van der Waals surface area (Å²) in [6.45, 7) is 13.4. The molecular weight excluding hydrogens is 471 g/mol. The topological polar surface area (TPSA) is 47.0 Å². The van der Waals surface area contributed by atoms with Crippen LogP contribution in [0.4, 0.5) is 5.13 Å². The largest absolute Gasteiger partial charge is 0.356 e. The first-order valence-corrected chi connectivity index (χ1v) is 10.9. The van der Waals surface area contributed by atoms with E-state index >= 15 is 0 Å². The zero-order chi connectivity index (χ0) is 18.4. The van der Waals surface area contributed by atoms with Crippen molar-refractivity contribution in [1.82, 2.24) is 20.1 Å². The zero-order valence-corrected chi connectivity index (χ0v) is 20.1. The summed E-state index contributed by atoms with van der Waals surface area (Å²) >= 11 is 1.79. The lowest BCUT2D eigenvalue weighted by Gasteiger charge is -2.37. The third kappa shape index (κ3) is 6.74. The van der Waals surface area contributed by atoms with Gasteiger partial charge in [-0.15, -0.1) is 35.3 Å². The number of anilines is 1. The summed E-state index contributed by atoms with van der Waals surface area (Å²) in [6.07, 6.45) is 3.56. The highest BCUT2D eigenvalue weighted by Crippen LogP contribution is 2.24. The van der Waals surface area contributed by atoms with Gasteiger partial charge in [0.05, 0.1) is 5.69 Å². The number of hydrogen-bond acceptors (Lipinski definition) is 5. The summed E-state index contributed by atoms with van der Waals surface area (Å²) in [4.78, 5) is 16.6. The Labute approximate surface area is 185 Å². The maximum absolute atomic E-state index is 4.81. The molecule has 1 aromatic rings. The molecular formula is C19H35IN6S. The molecule has 8 heteroatoms. The van der Waals surface area contributed by atoms with E-state index in [4.69, 9.17) is 4.98 Å². The molecule has 2 fully saturated rings. The van der Waals surface area contributed by atoms with Gasteiger partial charge in [-0.2, -0.15) is 0 Å². The number of guanidine groups is 1. The van der Waals surface area contributed by atoms with Crippen molar-refractivity contribution in [3.63, 3.8) is 0 Å². The lowest BCUT2D eigenvalue weighted by atomic mass is 10.2. The van der Waals surface area contributed by atoms with Crippen molar-refractivity contribution in [1.29, 1.82) is 0 Å². The zero-order valence-electron chi connectivity index (χ0n) is 17.0. The van der Waals surface area contributed by atoms with Gasteiger partial charge in [0.25, 0.3) is 0 Å². The van der Waals surface area contributed by atoms with E-state index in [1.165, 1.54) is 43.3 Å². The highest BCUT2D eigenvalue weighted by Gasteiger charge is 2.20. The van der Waals surface area contributed by atoms with Crippen LogP contribution in [0.2, 0.25) is 0 Å². The van der Waals surface area contributed by atoms with E-state index in [0.29, 0.717) is 0 Å². The predicted molar refractivity (Wildman–Crippen MR) is 127 cm³/mol. The number of rotatable bonds is 6. The number of aromatic nitrogens is 1. The predicted octanol–water partition coefficient (Wildman–Crippen LogP) is 2.75. The minimum absolute atomic E-state index is 0. The lowest BCUT2D eigenvalue weighted by Crippen LogP contribution is -2.53. The fraction of sp³-hybridized carbons (Fsp3) is 0.789. The molecule has 1 N–H and O–H groups in total. The van der Waals surface area contributed by atoms with Crippen molar-refractivity contribution in [2.75, 3.05) is 64.3 Å². The van der Waals surface area contributed by atoms with Gasteiger partial charge in [-0.3, -0.25) is 9.89 Å². The maximum Gasteiger partial charge on any atom is 0.193 e. The third-order valence-corrected chi connectivity index (χ3v) is 6.04. The van der Waals surface area contributed by atoms with Crippen LogP contribution in [0.5, 0.6) is 0 Å². The average Bonchev–Trinajstić information content (AvgIpc) is 3.30. The number of nitrogens with zero attached hydrogens (tertiary/aromatic N) is 5. The maximum atomic E-state index is 4.81. The molecule has 27 heavy (non-hydrogen) atoms. The van der Waals surface area contributed by atoms with E-state index in [2.05, 4.69) is 44.2 Å². The van der Waals surface area contributed by atoms with Crippen LogP contribution in [-0.2, 0) is 6.42 Å². The number of thiazole rings is 1. The molecule has 0 amide bonds. The average molecular weight is 507 g/mol. The molecule has 2 aliphatic rings. The molecule has 3 heterocycles. The molecule has 3 rings (SSSR count). The molecule has 6 nitrogen and oxygen atoms in total. The van der Waals surface area contributed by atoms with E-state index in [1.807, 2.05) is 7.05 Å². The highest BCUT2D eigenvalue weighted by atomic mass is 127. The van der Waals surface area contributed by atoms with E-state index in [9.17, 15) is 0 Å². The van der Waals surface area contributed by atoms with Gasteiger partial charge in [0.15, 0.2) is 11.1 Å². The van der Waals surface area contributed by atoms with Crippen LogP contribution in [0.1, 0.15) is 32.4 Å². The Hall–Kier alpha value is -0.610. The Kier molecular flexibility index (Phi) is 9.58. The monoisotopic (exact) mass is 506 g/mol. The summed E-state index contributed by atoms with van der Waals surface area (Å²) in [7, 11) is 1.89. The molecule has 0 aromatic carbocycles. The van der Waals surface area contributed by atoms with Crippen molar-refractivity contribution in [2.45, 2.75) is 33.1 Å². The second-order valence-corrected chi connectivity index (χ2v) is 8.56. The molecule has 154 valence electrons. The molecule has 0 atom stereocenters. The van der Waals surface area contributed by atoms with Crippen LogP contribution >= 0.6 is 35.3 Å². The van der Waals surface area contributed by atoms with Crippen LogP contribution in [0.3, 0.4) is 0 Å². The SMILES string of the molecule is CN=C(NCCc1csc(N2CCCC2)n1)N1CCN(CC(C)C)CC1.I. The minimum Gasteiger partial charge on any atom is -0.356 e. The number of hydrogen-bond donors (Lipinski definition) is 1. The lowest BCUT2D eigenvalue weighted by molar-refractivity contribution is 0.164. The van der Waals surface area contributed by atoms with Crippen LogP contribution in [-0.4, -0.2) is 80.1 Å². The summed E-state index contributed by atoms with van der Waals surface area (Å²) in [6, 6.07) is 0. The molecule has 0 spiro atoms. The molecule has 0 radical (unpaired) electrons. The smallest absolute Gasteiger partial charge is 0.193 e. The van der Waals surface area contributed by atoms with Crippen LogP contribution in [0.15, 0.2) is 10.4 Å². The number of piperazine rings is 1. The van der Waals surface area contributed by atoms with Gasteiger partial charge < -0.3 is 15.1 Å². The molecule has 0 aliphatic carbocycles. The van der Waals surface area contributed by atoms with Gasteiger partial charge >= 0.3 is 0 Å². The summed E-state index contributed by atoms with van der Waals surface area (Å²) in [5, 5.41) is 6.94. The summed E-state index contributed by atoms with van der Waals surface area (Å²) < 4.78 is 0. The molecule has 0 saturated carbocycles. The Morgan fingerprint density at radius 1 is 1.19 bits per heavy atom. The Morgan fingerprint density at radius 3 is 2.52 bits per heavy atom. The van der Waals surface area contributed by atoms with Gasteiger partial charge in [-0.25, -0.2) is 4.98 Å². The quantitative estimate of drug-likeness (QED) is 0.366. The van der Waals surface area contributed by atoms with Crippen LogP contribution in [0.25, 0.3) is 0 Å². The van der Waals surface area contributed by atoms with Crippen molar-refractivity contribution in [3.8, 4) is 0 Å². The fourth-order valence-corrected chi connectivity index (χ4v) is 4.67. The second-order valence-electron chi connectivity index (χ2n) is 7.72. The van der Waals surface area contributed by atoms with Crippen LogP contribution < -0.4 is 10.2 Å². The minimum atomic E-state index is 0. The van der Waals surface area contributed by atoms with E-state index in [-0.39, 0.29) is 24.0 Å². The van der Waals surface area contributed by atoms with E-state index < -0.39 is 0 Å². The van der Waals surface area contributed by atoms with Gasteiger partial charge in [-0.1, -0.05) is 13.8 Å². The molecule has 0 bridgehead atoms. The fourth-order valence-electron chi connectivity index (χ4n) is 3.76. The molecule has 2 saturated heterocycles. The Bertz CT molecular complexity index is 577. The van der Waals surface area contributed by atoms with Gasteiger partial charge in [0.1, 0.15) is 0 Å². The molecule has 0 unspecified atom stereocenters. The van der Waals surface area contributed by atoms with Crippen molar-refractivity contribution in [2.24, 2.45) is 10.9 Å². The van der Waals surface area contributed by atoms with Crippen molar-refractivity contribution < 1.29 is 0 Å². The van der Waals surface area contributed by atoms with Gasteiger partial charge in [-0.05, 0) is 18.8 Å². The van der Waals surface area contributed by atoms with Crippen molar-refractivity contribution >= 4 is 46.4 Å². The number of aliphatic imine (C=N–C) groups is 1. The standard InChI is InChI=1S/C19H34N6S.HI/c1-16(2)14-23-10-12-24(13-11-23)18(20-3)21-7-6-17-15-26-19(22-17)25-8-4-5-9-25;/h15-16H,4-14H2,1-3H3,(H,20,21);1H. The number of halogens is 1. The first-order chi connectivity index (χ1) is 12.7. The summed E-state index contributed by atoms with van der Waals surface area (Å²) in [5.41, 5.74) is 1.20. The van der Waals surface area contributed by atoms with Gasteiger partial charge in [0, 0.05) is 71.2 Å². The molecule has 2 aliphatic heterocycles.